The summed E-state index contributed by atoms with van der Waals surface area (Å²) in [7, 11) is 0. The highest BCUT2D eigenvalue weighted by Gasteiger charge is 2.17. The highest BCUT2D eigenvalue weighted by atomic mass is 16.6. The molecule has 20 heavy (non-hydrogen) atoms. The van der Waals surface area contributed by atoms with Gasteiger partial charge in [-0.2, -0.15) is 0 Å². The van der Waals surface area contributed by atoms with Gasteiger partial charge in [0, 0.05) is 6.07 Å². The van der Waals surface area contributed by atoms with E-state index in [1.165, 1.54) is 18.2 Å². The van der Waals surface area contributed by atoms with Gasteiger partial charge in [0.1, 0.15) is 0 Å². The fourth-order valence-corrected chi connectivity index (χ4v) is 1.73. The standard InChI is InChI=1S/C15H13NO4/c1-2-11-7-9-12(10-8-11)15(17)20-14-6-4-3-5-13(14)16(18)19/h3-10H,2H2,1H3. The third kappa shape index (κ3) is 3.00. The molecule has 2 rings (SSSR count). The Morgan fingerprint density at radius 3 is 2.40 bits per heavy atom. The minimum atomic E-state index is -0.609. The molecule has 102 valence electrons. The first-order chi connectivity index (χ1) is 9.61. The van der Waals surface area contributed by atoms with E-state index >= 15 is 0 Å². The van der Waals surface area contributed by atoms with Crippen LogP contribution in [0.4, 0.5) is 5.69 Å². The lowest BCUT2D eigenvalue weighted by Crippen LogP contribution is -2.09. The van der Waals surface area contributed by atoms with E-state index in [1.807, 2.05) is 19.1 Å². The van der Waals surface area contributed by atoms with Gasteiger partial charge in [-0.3, -0.25) is 10.1 Å². The van der Waals surface area contributed by atoms with Gasteiger partial charge in [-0.1, -0.05) is 31.2 Å². The number of carbonyl (C=O) groups excluding carboxylic acids is 1. The van der Waals surface area contributed by atoms with Crippen molar-refractivity contribution in [3.63, 3.8) is 0 Å². The Kier molecular flexibility index (Phi) is 4.10. The molecule has 0 spiro atoms. The number of rotatable bonds is 4. The molecule has 0 aliphatic rings. The number of aryl methyl sites for hydroxylation is 1. The molecule has 0 aliphatic heterocycles. The van der Waals surface area contributed by atoms with Gasteiger partial charge in [0.25, 0.3) is 0 Å². The SMILES string of the molecule is CCc1ccc(C(=O)Oc2ccccc2[N+](=O)[O-])cc1. The van der Waals surface area contributed by atoms with Gasteiger partial charge in [-0.25, -0.2) is 4.79 Å². The fraction of sp³-hybridized carbons (Fsp3) is 0.133. The summed E-state index contributed by atoms with van der Waals surface area (Å²) in [5.74, 6) is -0.663. The number of nitro benzene ring substituents is 1. The highest BCUT2D eigenvalue weighted by Crippen LogP contribution is 2.26. The summed E-state index contributed by atoms with van der Waals surface area (Å²) in [6.45, 7) is 2.01. The molecule has 2 aromatic rings. The number of hydrogen-bond acceptors (Lipinski definition) is 4. The quantitative estimate of drug-likeness (QED) is 0.370. The van der Waals surface area contributed by atoms with Crippen LogP contribution in [0.2, 0.25) is 0 Å². The van der Waals surface area contributed by atoms with Crippen LogP contribution in [0.25, 0.3) is 0 Å². The van der Waals surface area contributed by atoms with Gasteiger partial charge >= 0.3 is 11.7 Å². The van der Waals surface area contributed by atoms with Crippen molar-refractivity contribution >= 4 is 11.7 Å². The molecule has 5 nitrogen and oxygen atoms in total. The van der Waals surface area contributed by atoms with Crippen LogP contribution in [0, 0.1) is 10.1 Å². The van der Waals surface area contributed by atoms with Crippen molar-refractivity contribution in [1.82, 2.24) is 0 Å². The second-order valence-electron chi connectivity index (χ2n) is 4.16. The third-order valence-electron chi connectivity index (χ3n) is 2.86. The number of nitrogens with zero attached hydrogens (tertiary/aromatic N) is 1. The van der Waals surface area contributed by atoms with Crippen LogP contribution in [-0.2, 0) is 6.42 Å². The normalized spacial score (nSPS) is 10.1. The van der Waals surface area contributed by atoms with Crippen LogP contribution in [0.15, 0.2) is 48.5 Å². The van der Waals surface area contributed by atoms with Crippen LogP contribution in [-0.4, -0.2) is 10.9 Å². The lowest BCUT2D eigenvalue weighted by Gasteiger charge is -2.05. The second-order valence-corrected chi connectivity index (χ2v) is 4.16. The molecule has 0 unspecified atom stereocenters. The fourth-order valence-electron chi connectivity index (χ4n) is 1.73. The summed E-state index contributed by atoms with van der Waals surface area (Å²) >= 11 is 0. The zero-order valence-corrected chi connectivity index (χ0v) is 10.9. The summed E-state index contributed by atoms with van der Waals surface area (Å²) in [5, 5.41) is 10.8. The van der Waals surface area contributed by atoms with Crippen molar-refractivity contribution < 1.29 is 14.5 Å². The van der Waals surface area contributed by atoms with E-state index < -0.39 is 10.9 Å². The first-order valence-corrected chi connectivity index (χ1v) is 6.16. The van der Waals surface area contributed by atoms with Gasteiger partial charge in [0.05, 0.1) is 10.5 Å². The average Bonchev–Trinajstić information content (AvgIpc) is 2.47. The van der Waals surface area contributed by atoms with Crippen LogP contribution < -0.4 is 4.74 Å². The van der Waals surface area contributed by atoms with Gasteiger partial charge in [0.15, 0.2) is 0 Å². The van der Waals surface area contributed by atoms with Crippen LogP contribution in [0.5, 0.6) is 5.75 Å². The first kappa shape index (κ1) is 13.7. The van der Waals surface area contributed by atoms with E-state index in [0.29, 0.717) is 5.56 Å². The van der Waals surface area contributed by atoms with E-state index in [1.54, 1.807) is 18.2 Å². The van der Waals surface area contributed by atoms with Gasteiger partial charge in [-0.15, -0.1) is 0 Å². The minimum Gasteiger partial charge on any atom is -0.416 e. The molecular formula is C15H13NO4. The van der Waals surface area contributed by atoms with Crippen molar-refractivity contribution in [1.29, 1.82) is 0 Å². The molecule has 0 atom stereocenters. The predicted octanol–water partition coefficient (Wildman–Crippen LogP) is 3.38. The lowest BCUT2D eigenvalue weighted by molar-refractivity contribution is -0.385. The summed E-state index contributed by atoms with van der Waals surface area (Å²) in [4.78, 5) is 22.2. The van der Waals surface area contributed by atoms with Gasteiger partial charge in [-0.05, 0) is 30.2 Å². The smallest absolute Gasteiger partial charge is 0.343 e. The highest BCUT2D eigenvalue weighted by molar-refractivity contribution is 5.91. The van der Waals surface area contributed by atoms with Gasteiger partial charge in [0.2, 0.25) is 5.75 Å². The van der Waals surface area contributed by atoms with Crippen LogP contribution in [0.1, 0.15) is 22.8 Å². The molecule has 0 heterocycles. The third-order valence-corrected chi connectivity index (χ3v) is 2.86. The lowest BCUT2D eigenvalue weighted by atomic mass is 10.1. The summed E-state index contributed by atoms with van der Waals surface area (Å²) in [5.41, 5.74) is 1.23. The Morgan fingerprint density at radius 2 is 1.80 bits per heavy atom. The van der Waals surface area contributed by atoms with Gasteiger partial charge < -0.3 is 4.74 Å². The van der Waals surface area contributed by atoms with E-state index in [4.69, 9.17) is 4.74 Å². The van der Waals surface area contributed by atoms with Crippen molar-refractivity contribution in [2.75, 3.05) is 0 Å². The Bertz CT molecular complexity index is 635. The van der Waals surface area contributed by atoms with E-state index in [0.717, 1.165) is 12.0 Å². The zero-order chi connectivity index (χ0) is 14.5. The monoisotopic (exact) mass is 271 g/mol. The minimum absolute atomic E-state index is 0.0536. The number of benzene rings is 2. The van der Waals surface area contributed by atoms with Crippen molar-refractivity contribution in [3.05, 3.63) is 69.8 Å². The Labute approximate surface area is 116 Å². The van der Waals surface area contributed by atoms with Crippen molar-refractivity contribution in [3.8, 4) is 5.75 Å². The molecule has 2 aromatic carbocycles. The molecule has 0 fully saturated rings. The van der Waals surface area contributed by atoms with Crippen LogP contribution >= 0.6 is 0 Å². The first-order valence-electron chi connectivity index (χ1n) is 6.16. The number of carbonyl (C=O) groups is 1. The molecule has 0 saturated carbocycles. The molecule has 5 heteroatoms. The van der Waals surface area contributed by atoms with E-state index in [9.17, 15) is 14.9 Å². The molecule has 0 radical (unpaired) electrons. The molecular weight excluding hydrogens is 258 g/mol. The summed E-state index contributed by atoms with van der Waals surface area (Å²) in [6, 6.07) is 12.7. The topological polar surface area (TPSA) is 69.4 Å². The Balaban J connectivity index is 2.21. The predicted molar refractivity (Wildman–Crippen MR) is 73.9 cm³/mol. The average molecular weight is 271 g/mol. The largest absolute Gasteiger partial charge is 0.416 e. The summed E-state index contributed by atoms with van der Waals surface area (Å²) in [6.07, 6.45) is 0.874. The maximum Gasteiger partial charge on any atom is 0.343 e. The molecule has 0 bridgehead atoms. The molecule has 0 aliphatic carbocycles. The van der Waals surface area contributed by atoms with E-state index in [2.05, 4.69) is 0 Å². The number of nitro groups is 1. The maximum absolute atomic E-state index is 11.9. The molecule has 0 N–H and O–H groups in total. The second kappa shape index (κ2) is 5.97. The number of ether oxygens (including phenoxy) is 1. The van der Waals surface area contributed by atoms with Crippen molar-refractivity contribution in [2.24, 2.45) is 0 Å². The summed E-state index contributed by atoms with van der Waals surface area (Å²) < 4.78 is 5.09. The maximum atomic E-state index is 11.9. The van der Waals surface area contributed by atoms with Crippen LogP contribution in [0.3, 0.4) is 0 Å². The molecule has 0 aromatic heterocycles. The van der Waals surface area contributed by atoms with E-state index in [-0.39, 0.29) is 11.4 Å². The Morgan fingerprint density at radius 1 is 1.15 bits per heavy atom. The zero-order valence-electron chi connectivity index (χ0n) is 10.9. The number of hydrogen-bond donors (Lipinski definition) is 0. The number of esters is 1. The molecule has 0 saturated heterocycles. The van der Waals surface area contributed by atoms with Crippen molar-refractivity contribution in [2.45, 2.75) is 13.3 Å². The number of para-hydroxylation sites is 2. The Hall–Kier alpha value is -2.69. The molecule has 0 amide bonds.